The molecule has 0 saturated carbocycles. The van der Waals surface area contributed by atoms with Gasteiger partial charge in [-0.2, -0.15) is 0 Å². The summed E-state index contributed by atoms with van der Waals surface area (Å²) in [6.45, 7) is 3.74. The molecule has 1 saturated heterocycles. The summed E-state index contributed by atoms with van der Waals surface area (Å²) in [5, 5.41) is 2.95. The van der Waals surface area contributed by atoms with Crippen LogP contribution in [0.4, 0.5) is 8.78 Å². The first kappa shape index (κ1) is 13.6. The predicted molar refractivity (Wildman–Crippen MR) is 67.1 cm³/mol. The standard InChI is InChI=1S/C13H16ClF2NO/c1-2-11(8-5-6-17-7-8)18-13-10(16)4-3-9(15)12(13)14/h3-4,8,11,17H,2,5-7H2,1H3/t8-,11-/m0/s1. The van der Waals surface area contributed by atoms with Crippen molar-refractivity contribution in [2.75, 3.05) is 13.1 Å². The van der Waals surface area contributed by atoms with Crippen LogP contribution in [0.3, 0.4) is 0 Å². The van der Waals surface area contributed by atoms with Crippen LogP contribution < -0.4 is 10.1 Å². The normalized spacial score (nSPS) is 21.0. The van der Waals surface area contributed by atoms with Crippen molar-refractivity contribution in [3.05, 3.63) is 28.8 Å². The maximum absolute atomic E-state index is 13.6. The van der Waals surface area contributed by atoms with Gasteiger partial charge < -0.3 is 10.1 Å². The van der Waals surface area contributed by atoms with Crippen molar-refractivity contribution in [1.82, 2.24) is 5.32 Å². The van der Waals surface area contributed by atoms with E-state index in [1.165, 1.54) is 0 Å². The number of benzene rings is 1. The number of hydrogen-bond donors (Lipinski definition) is 1. The molecule has 100 valence electrons. The highest BCUT2D eigenvalue weighted by Crippen LogP contribution is 2.33. The average molecular weight is 276 g/mol. The number of ether oxygens (including phenoxy) is 1. The Morgan fingerprint density at radius 3 is 2.78 bits per heavy atom. The second-order valence-electron chi connectivity index (χ2n) is 4.49. The van der Waals surface area contributed by atoms with E-state index in [1.54, 1.807) is 0 Å². The molecule has 1 aromatic rings. The largest absolute Gasteiger partial charge is 0.485 e. The second-order valence-corrected chi connectivity index (χ2v) is 4.87. The SMILES string of the molecule is CC[C@H](Oc1c(F)ccc(F)c1Cl)[C@H]1CCNC1. The van der Waals surface area contributed by atoms with Gasteiger partial charge in [-0.25, -0.2) is 8.78 Å². The van der Waals surface area contributed by atoms with E-state index in [1.807, 2.05) is 6.92 Å². The highest BCUT2D eigenvalue weighted by atomic mass is 35.5. The molecule has 0 bridgehead atoms. The van der Waals surface area contributed by atoms with Crippen LogP contribution in [0.1, 0.15) is 19.8 Å². The third kappa shape index (κ3) is 2.75. The summed E-state index contributed by atoms with van der Waals surface area (Å²) in [5.41, 5.74) is 0. The van der Waals surface area contributed by atoms with E-state index in [4.69, 9.17) is 16.3 Å². The Morgan fingerprint density at radius 2 is 2.17 bits per heavy atom. The molecule has 18 heavy (non-hydrogen) atoms. The maximum atomic E-state index is 13.6. The topological polar surface area (TPSA) is 21.3 Å². The van der Waals surface area contributed by atoms with Crippen molar-refractivity contribution in [2.24, 2.45) is 5.92 Å². The lowest BCUT2D eigenvalue weighted by Gasteiger charge is -2.23. The zero-order valence-electron chi connectivity index (χ0n) is 10.2. The van der Waals surface area contributed by atoms with Gasteiger partial charge in [-0.15, -0.1) is 0 Å². The molecule has 1 aromatic carbocycles. The molecule has 2 atom stereocenters. The summed E-state index contributed by atoms with van der Waals surface area (Å²) in [4.78, 5) is 0. The molecule has 1 heterocycles. The highest BCUT2D eigenvalue weighted by Gasteiger charge is 2.27. The molecule has 1 N–H and O–H groups in total. The Balaban J connectivity index is 2.18. The summed E-state index contributed by atoms with van der Waals surface area (Å²) < 4.78 is 32.5. The van der Waals surface area contributed by atoms with E-state index >= 15 is 0 Å². The van der Waals surface area contributed by atoms with Crippen molar-refractivity contribution in [1.29, 1.82) is 0 Å². The first-order chi connectivity index (χ1) is 8.63. The number of nitrogens with one attached hydrogen (secondary N) is 1. The Hall–Kier alpha value is -0.870. The first-order valence-corrected chi connectivity index (χ1v) is 6.52. The van der Waals surface area contributed by atoms with Crippen molar-refractivity contribution >= 4 is 11.6 Å². The molecule has 5 heteroatoms. The second kappa shape index (κ2) is 5.85. The monoisotopic (exact) mass is 275 g/mol. The zero-order valence-corrected chi connectivity index (χ0v) is 10.9. The Morgan fingerprint density at radius 1 is 1.44 bits per heavy atom. The lowest BCUT2D eigenvalue weighted by molar-refractivity contribution is 0.132. The quantitative estimate of drug-likeness (QED) is 0.851. The summed E-state index contributed by atoms with van der Waals surface area (Å²) in [6.07, 6.45) is 1.57. The summed E-state index contributed by atoms with van der Waals surface area (Å²) >= 11 is 5.75. The Kier molecular flexibility index (Phi) is 4.40. The smallest absolute Gasteiger partial charge is 0.176 e. The average Bonchev–Trinajstić information content (AvgIpc) is 2.88. The van der Waals surface area contributed by atoms with Crippen molar-refractivity contribution < 1.29 is 13.5 Å². The molecule has 0 aliphatic carbocycles. The minimum absolute atomic E-state index is 0.145. The minimum atomic E-state index is -0.660. The molecule has 2 rings (SSSR count). The molecular formula is C13H16ClF2NO. The molecule has 0 amide bonds. The summed E-state index contributed by atoms with van der Waals surface area (Å²) in [5.74, 6) is -1.14. The molecule has 0 spiro atoms. The summed E-state index contributed by atoms with van der Waals surface area (Å²) in [7, 11) is 0. The van der Waals surface area contributed by atoms with Gasteiger partial charge in [0.2, 0.25) is 0 Å². The van der Waals surface area contributed by atoms with Gasteiger partial charge in [0.25, 0.3) is 0 Å². The van der Waals surface area contributed by atoms with Crippen LogP contribution in [-0.4, -0.2) is 19.2 Å². The Bertz CT molecular complexity index is 422. The van der Waals surface area contributed by atoms with Crippen LogP contribution in [0.2, 0.25) is 5.02 Å². The molecular weight excluding hydrogens is 260 g/mol. The van der Waals surface area contributed by atoms with Crippen LogP contribution in [0.5, 0.6) is 5.75 Å². The fraction of sp³-hybridized carbons (Fsp3) is 0.538. The number of rotatable bonds is 4. The van der Waals surface area contributed by atoms with Gasteiger partial charge in [-0.3, -0.25) is 0 Å². The molecule has 1 aliphatic rings. The third-order valence-corrected chi connectivity index (χ3v) is 3.65. The minimum Gasteiger partial charge on any atom is -0.485 e. The molecule has 0 radical (unpaired) electrons. The van der Waals surface area contributed by atoms with E-state index in [2.05, 4.69) is 5.32 Å². The van der Waals surface area contributed by atoms with Crippen LogP contribution in [-0.2, 0) is 0 Å². The third-order valence-electron chi connectivity index (χ3n) is 3.30. The van der Waals surface area contributed by atoms with Gasteiger partial charge in [0.05, 0.1) is 0 Å². The van der Waals surface area contributed by atoms with Crippen molar-refractivity contribution in [2.45, 2.75) is 25.9 Å². The fourth-order valence-corrected chi connectivity index (χ4v) is 2.47. The van der Waals surface area contributed by atoms with Gasteiger partial charge in [-0.1, -0.05) is 18.5 Å². The van der Waals surface area contributed by atoms with E-state index in [0.717, 1.165) is 38.1 Å². The van der Waals surface area contributed by atoms with Gasteiger partial charge in [0.1, 0.15) is 16.9 Å². The first-order valence-electron chi connectivity index (χ1n) is 6.14. The predicted octanol–water partition coefficient (Wildman–Crippen LogP) is 3.39. The van der Waals surface area contributed by atoms with Crippen LogP contribution in [0.25, 0.3) is 0 Å². The maximum Gasteiger partial charge on any atom is 0.176 e. The number of hydrogen-bond acceptors (Lipinski definition) is 2. The van der Waals surface area contributed by atoms with E-state index < -0.39 is 11.6 Å². The van der Waals surface area contributed by atoms with Crippen molar-refractivity contribution in [3.8, 4) is 5.75 Å². The molecule has 1 aliphatic heterocycles. The van der Waals surface area contributed by atoms with Crippen LogP contribution in [0.15, 0.2) is 12.1 Å². The van der Waals surface area contributed by atoms with Gasteiger partial charge in [0, 0.05) is 12.5 Å². The zero-order chi connectivity index (χ0) is 13.1. The van der Waals surface area contributed by atoms with E-state index in [-0.39, 0.29) is 16.9 Å². The van der Waals surface area contributed by atoms with Crippen LogP contribution >= 0.6 is 11.6 Å². The van der Waals surface area contributed by atoms with Gasteiger partial charge in [-0.05, 0) is 31.5 Å². The van der Waals surface area contributed by atoms with E-state index in [0.29, 0.717) is 5.92 Å². The fourth-order valence-electron chi connectivity index (χ4n) is 2.28. The van der Waals surface area contributed by atoms with Crippen molar-refractivity contribution in [3.63, 3.8) is 0 Å². The molecule has 0 aromatic heterocycles. The van der Waals surface area contributed by atoms with E-state index in [9.17, 15) is 8.78 Å². The van der Waals surface area contributed by atoms with Gasteiger partial charge >= 0.3 is 0 Å². The lowest BCUT2D eigenvalue weighted by Crippen LogP contribution is -2.28. The summed E-state index contributed by atoms with van der Waals surface area (Å²) in [6, 6.07) is 2.04. The molecule has 1 fully saturated rings. The van der Waals surface area contributed by atoms with Crippen LogP contribution in [0, 0.1) is 17.6 Å². The van der Waals surface area contributed by atoms with Gasteiger partial charge in [0.15, 0.2) is 11.6 Å². The molecule has 2 nitrogen and oxygen atoms in total. The number of halogens is 3. The lowest BCUT2D eigenvalue weighted by atomic mass is 9.99. The highest BCUT2D eigenvalue weighted by molar-refractivity contribution is 6.32. The Labute approximate surface area is 110 Å². The molecule has 0 unspecified atom stereocenters.